The van der Waals surface area contributed by atoms with Gasteiger partial charge in [0.1, 0.15) is 12.4 Å². The summed E-state index contributed by atoms with van der Waals surface area (Å²) in [4.78, 5) is 4.94. The summed E-state index contributed by atoms with van der Waals surface area (Å²) in [6.07, 6.45) is -4.26. The van der Waals surface area contributed by atoms with Crippen LogP contribution in [0.3, 0.4) is 0 Å². The Bertz CT molecular complexity index is 368. The van der Waals surface area contributed by atoms with E-state index in [-0.39, 0.29) is 12.4 Å². The van der Waals surface area contributed by atoms with Crippen LogP contribution in [0, 0.1) is 0 Å². The number of pyridine rings is 1. The van der Waals surface area contributed by atoms with E-state index in [0.717, 1.165) is 4.90 Å². The molecule has 0 fully saturated rings. The molecule has 0 radical (unpaired) electrons. The Morgan fingerprint density at radius 3 is 2.56 bits per heavy atom. The van der Waals surface area contributed by atoms with E-state index in [4.69, 9.17) is 17.3 Å². The maximum absolute atomic E-state index is 12.1. The molecule has 7 heteroatoms. The minimum absolute atomic E-state index is 0.0898. The SMILES string of the molecule is CN(CC(F)(F)F)c1ccc(Cl)c(CN)n1. The largest absolute Gasteiger partial charge is 0.405 e. The standard InChI is InChI=1S/C9H11ClF3N3/c1-16(5-9(11,12)13)8-3-2-6(10)7(4-14)15-8/h2-3H,4-5,14H2,1H3. The number of halogens is 4. The summed E-state index contributed by atoms with van der Waals surface area (Å²) in [5.74, 6) is 0.196. The molecular weight excluding hydrogens is 243 g/mol. The predicted molar refractivity (Wildman–Crippen MR) is 56.5 cm³/mol. The van der Waals surface area contributed by atoms with Crippen molar-refractivity contribution in [3.05, 3.63) is 22.8 Å². The number of anilines is 1. The molecule has 0 aliphatic carbocycles. The highest BCUT2D eigenvalue weighted by molar-refractivity contribution is 6.31. The van der Waals surface area contributed by atoms with Gasteiger partial charge in [0.05, 0.1) is 10.7 Å². The van der Waals surface area contributed by atoms with Gasteiger partial charge < -0.3 is 10.6 Å². The smallest absolute Gasteiger partial charge is 0.351 e. The van der Waals surface area contributed by atoms with E-state index in [0.29, 0.717) is 10.7 Å². The molecule has 0 saturated heterocycles. The van der Waals surface area contributed by atoms with Crippen LogP contribution in [0.2, 0.25) is 5.02 Å². The maximum Gasteiger partial charge on any atom is 0.405 e. The minimum Gasteiger partial charge on any atom is -0.351 e. The molecule has 1 heterocycles. The molecule has 0 unspecified atom stereocenters. The quantitative estimate of drug-likeness (QED) is 0.898. The fraction of sp³-hybridized carbons (Fsp3) is 0.444. The lowest BCUT2D eigenvalue weighted by atomic mass is 10.3. The summed E-state index contributed by atoms with van der Waals surface area (Å²) < 4.78 is 36.4. The highest BCUT2D eigenvalue weighted by Gasteiger charge is 2.29. The third kappa shape index (κ3) is 3.53. The van der Waals surface area contributed by atoms with Crippen LogP contribution in [0.1, 0.15) is 5.69 Å². The number of rotatable bonds is 3. The predicted octanol–water partition coefficient (Wildman–Crippen LogP) is 2.19. The van der Waals surface area contributed by atoms with E-state index >= 15 is 0 Å². The monoisotopic (exact) mass is 253 g/mol. The molecule has 0 bridgehead atoms. The number of nitrogens with two attached hydrogens (primary N) is 1. The second-order valence-electron chi connectivity index (χ2n) is 3.27. The van der Waals surface area contributed by atoms with Crippen molar-refractivity contribution >= 4 is 17.4 Å². The Balaban J connectivity index is 2.88. The van der Waals surface area contributed by atoms with Crippen LogP contribution in [0.15, 0.2) is 12.1 Å². The van der Waals surface area contributed by atoms with Crippen LogP contribution in [0.4, 0.5) is 19.0 Å². The van der Waals surface area contributed by atoms with Crippen molar-refractivity contribution < 1.29 is 13.2 Å². The second kappa shape index (κ2) is 4.88. The van der Waals surface area contributed by atoms with E-state index in [9.17, 15) is 13.2 Å². The van der Waals surface area contributed by atoms with Gasteiger partial charge in [-0.15, -0.1) is 0 Å². The van der Waals surface area contributed by atoms with Gasteiger partial charge in [-0.3, -0.25) is 0 Å². The zero-order valence-electron chi connectivity index (χ0n) is 8.55. The van der Waals surface area contributed by atoms with Gasteiger partial charge in [-0.1, -0.05) is 11.6 Å². The number of aromatic nitrogens is 1. The first-order chi connectivity index (χ1) is 7.33. The van der Waals surface area contributed by atoms with Crippen molar-refractivity contribution in [2.45, 2.75) is 12.7 Å². The summed E-state index contributed by atoms with van der Waals surface area (Å²) >= 11 is 5.75. The highest BCUT2D eigenvalue weighted by Crippen LogP contribution is 2.22. The molecule has 0 saturated carbocycles. The fourth-order valence-corrected chi connectivity index (χ4v) is 1.36. The molecule has 0 aliphatic heterocycles. The van der Waals surface area contributed by atoms with Gasteiger partial charge >= 0.3 is 6.18 Å². The molecular formula is C9H11ClF3N3. The maximum atomic E-state index is 12.1. The third-order valence-electron chi connectivity index (χ3n) is 1.90. The van der Waals surface area contributed by atoms with Crippen molar-refractivity contribution in [1.29, 1.82) is 0 Å². The number of nitrogens with zero attached hydrogens (tertiary/aromatic N) is 2. The molecule has 0 aromatic carbocycles. The number of alkyl halides is 3. The van der Waals surface area contributed by atoms with Crippen LogP contribution in [0.25, 0.3) is 0 Å². The van der Waals surface area contributed by atoms with Gasteiger partial charge in [0.2, 0.25) is 0 Å². The minimum atomic E-state index is -4.26. The van der Waals surface area contributed by atoms with E-state index in [1.54, 1.807) is 0 Å². The summed E-state index contributed by atoms with van der Waals surface area (Å²) in [7, 11) is 1.31. The zero-order valence-corrected chi connectivity index (χ0v) is 9.31. The molecule has 0 aliphatic rings. The van der Waals surface area contributed by atoms with E-state index in [1.165, 1.54) is 19.2 Å². The number of hydrogen-bond acceptors (Lipinski definition) is 3. The lowest BCUT2D eigenvalue weighted by Crippen LogP contribution is -2.31. The first-order valence-electron chi connectivity index (χ1n) is 4.47. The van der Waals surface area contributed by atoms with Gasteiger partial charge in [-0.25, -0.2) is 4.98 Å². The third-order valence-corrected chi connectivity index (χ3v) is 2.25. The second-order valence-corrected chi connectivity index (χ2v) is 3.68. The average molecular weight is 254 g/mol. The Hall–Kier alpha value is -1.01. The van der Waals surface area contributed by atoms with Crippen LogP contribution < -0.4 is 10.6 Å². The Labute approximate surface area is 96.0 Å². The van der Waals surface area contributed by atoms with Crippen LogP contribution >= 0.6 is 11.6 Å². The van der Waals surface area contributed by atoms with E-state index in [2.05, 4.69) is 4.98 Å². The van der Waals surface area contributed by atoms with Crippen LogP contribution in [-0.2, 0) is 6.54 Å². The molecule has 0 atom stereocenters. The van der Waals surface area contributed by atoms with Gasteiger partial charge in [-0.2, -0.15) is 13.2 Å². The van der Waals surface area contributed by atoms with Crippen molar-refractivity contribution in [2.75, 3.05) is 18.5 Å². The van der Waals surface area contributed by atoms with Gasteiger partial charge in [0.25, 0.3) is 0 Å². The van der Waals surface area contributed by atoms with Crippen molar-refractivity contribution in [2.24, 2.45) is 5.73 Å². The molecule has 16 heavy (non-hydrogen) atoms. The molecule has 0 amide bonds. The van der Waals surface area contributed by atoms with Gasteiger partial charge in [0, 0.05) is 13.6 Å². The normalized spacial score (nSPS) is 11.6. The Morgan fingerprint density at radius 1 is 1.44 bits per heavy atom. The lowest BCUT2D eigenvalue weighted by molar-refractivity contribution is -0.119. The molecule has 1 aromatic heterocycles. The average Bonchev–Trinajstić information content (AvgIpc) is 2.15. The zero-order chi connectivity index (χ0) is 12.3. The van der Waals surface area contributed by atoms with Gasteiger partial charge in [-0.05, 0) is 12.1 Å². The van der Waals surface area contributed by atoms with Crippen LogP contribution in [0.5, 0.6) is 0 Å². The molecule has 3 nitrogen and oxygen atoms in total. The summed E-state index contributed by atoms with van der Waals surface area (Å²) in [5, 5.41) is 0.353. The molecule has 0 spiro atoms. The van der Waals surface area contributed by atoms with Gasteiger partial charge in [0.15, 0.2) is 0 Å². The highest BCUT2D eigenvalue weighted by atomic mass is 35.5. The first-order valence-corrected chi connectivity index (χ1v) is 4.84. The topological polar surface area (TPSA) is 42.1 Å². The van der Waals surface area contributed by atoms with Crippen molar-refractivity contribution in [3.63, 3.8) is 0 Å². The van der Waals surface area contributed by atoms with E-state index < -0.39 is 12.7 Å². The Morgan fingerprint density at radius 2 is 2.06 bits per heavy atom. The Kier molecular flexibility index (Phi) is 3.98. The first kappa shape index (κ1) is 13.1. The molecule has 2 N–H and O–H groups in total. The molecule has 1 aromatic rings. The molecule has 90 valence electrons. The van der Waals surface area contributed by atoms with E-state index in [1.807, 2.05) is 0 Å². The summed E-state index contributed by atoms with van der Waals surface area (Å²) in [6.45, 7) is -0.974. The summed E-state index contributed by atoms with van der Waals surface area (Å²) in [6, 6.07) is 2.91. The van der Waals surface area contributed by atoms with Crippen molar-refractivity contribution in [1.82, 2.24) is 4.98 Å². The fourth-order valence-electron chi connectivity index (χ4n) is 1.18. The van der Waals surface area contributed by atoms with Crippen LogP contribution in [-0.4, -0.2) is 24.8 Å². The molecule has 1 rings (SSSR count). The number of hydrogen-bond donors (Lipinski definition) is 1. The van der Waals surface area contributed by atoms with Crippen molar-refractivity contribution in [3.8, 4) is 0 Å². The lowest BCUT2D eigenvalue weighted by Gasteiger charge is -2.20. The summed E-state index contributed by atoms with van der Waals surface area (Å²) in [5.41, 5.74) is 5.74.